The number of benzene rings is 2. The lowest BCUT2D eigenvalue weighted by atomic mass is 10.1. The first kappa shape index (κ1) is 14.6. The minimum atomic E-state index is 0.636. The maximum Gasteiger partial charge on any atom is 0.118 e. The van der Waals surface area contributed by atoms with Gasteiger partial charge in [-0.3, -0.25) is 0 Å². The molecule has 2 heteroatoms. The van der Waals surface area contributed by atoms with Crippen molar-refractivity contribution in [2.24, 2.45) is 0 Å². The van der Waals surface area contributed by atoms with Crippen LogP contribution in [0.1, 0.15) is 24.5 Å². The number of quaternary nitrogens is 1. The first-order valence-corrected chi connectivity index (χ1v) is 7.28. The molecule has 0 saturated carbocycles. The molecule has 1 atom stereocenters. The van der Waals surface area contributed by atoms with Gasteiger partial charge >= 0.3 is 0 Å². The van der Waals surface area contributed by atoms with Crippen LogP contribution in [0.5, 0.6) is 5.75 Å². The van der Waals surface area contributed by atoms with Gasteiger partial charge in [0.1, 0.15) is 12.3 Å². The molecular weight excluding hydrogens is 246 g/mol. The molecule has 106 valence electrons. The Morgan fingerprint density at radius 1 is 0.950 bits per heavy atom. The summed E-state index contributed by atoms with van der Waals surface area (Å²) < 4.78 is 5.17. The van der Waals surface area contributed by atoms with Crippen molar-refractivity contribution < 1.29 is 10.1 Å². The third-order valence-corrected chi connectivity index (χ3v) is 3.65. The molecular formula is C18H24NO+. The second-order valence-corrected chi connectivity index (χ2v) is 5.29. The molecule has 2 nitrogen and oxygen atoms in total. The Labute approximate surface area is 121 Å². The van der Waals surface area contributed by atoms with Crippen LogP contribution in [0, 0.1) is 0 Å². The average Bonchev–Trinajstić information content (AvgIpc) is 2.52. The first-order chi connectivity index (χ1) is 9.78. The lowest BCUT2D eigenvalue weighted by Crippen LogP contribution is -2.87. The Hall–Kier alpha value is -1.80. The van der Waals surface area contributed by atoms with Gasteiger partial charge in [0.2, 0.25) is 0 Å². The monoisotopic (exact) mass is 270 g/mol. The van der Waals surface area contributed by atoms with Gasteiger partial charge in [-0.05, 0) is 43.2 Å². The zero-order valence-corrected chi connectivity index (χ0v) is 12.4. The molecule has 0 bridgehead atoms. The summed E-state index contributed by atoms with van der Waals surface area (Å²) in [4.78, 5) is 0. The van der Waals surface area contributed by atoms with Crippen molar-refractivity contribution in [3.63, 3.8) is 0 Å². The molecule has 0 radical (unpaired) electrons. The lowest BCUT2D eigenvalue weighted by Gasteiger charge is -2.11. The van der Waals surface area contributed by atoms with Crippen molar-refractivity contribution >= 4 is 0 Å². The van der Waals surface area contributed by atoms with Crippen LogP contribution >= 0.6 is 0 Å². The highest BCUT2D eigenvalue weighted by Gasteiger charge is 2.06. The van der Waals surface area contributed by atoms with E-state index in [1.807, 2.05) is 12.1 Å². The van der Waals surface area contributed by atoms with Crippen LogP contribution in [-0.2, 0) is 13.0 Å². The molecule has 2 N–H and O–H groups in total. The van der Waals surface area contributed by atoms with Crippen LogP contribution in [0.3, 0.4) is 0 Å². The summed E-state index contributed by atoms with van der Waals surface area (Å²) in [5.74, 6) is 0.922. The van der Waals surface area contributed by atoms with E-state index in [9.17, 15) is 0 Å². The first-order valence-electron chi connectivity index (χ1n) is 7.28. The van der Waals surface area contributed by atoms with Gasteiger partial charge in [-0.25, -0.2) is 0 Å². The van der Waals surface area contributed by atoms with E-state index < -0.39 is 0 Å². The Balaban J connectivity index is 1.73. The maximum absolute atomic E-state index is 5.17. The standard InChI is InChI=1S/C18H23NO/c1-15(8-9-16-6-4-3-5-7-16)19-14-17-10-12-18(20-2)13-11-17/h3-7,10-13,15,19H,8-9,14H2,1-2H3/p+1/t15-/m0/s1. The third kappa shape index (κ3) is 4.71. The maximum atomic E-state index is 5.17. The highest BCUT2D eigenvalue weighted by Crippen LogP contribution is 2.10. The molecule has 0 aliphatic rings. The van der Waals surface area contributed by atoms with Gasteiger partial charge in [0.15, 0.2) is 0 Å². The number of hydrogen-bond donors (Lipinski definition) is 1. The number of rotatable bonds is 7. The lowest BCUT2D eigenvalue weighted by molar-refractivity contribution is -0.701. The highest BCUT2D eigenvalue weighted by atomic mass is 16.5. The quantitative estimate of drug-likeness (QED) is 0.822. The molecule has 0 spiro atoms. The fourth-order valence-electron chi connectivity index (χ4n) is 2.26. The Kier molecular flexibility index (Phi) is 5.63. The summed E-state index contributed by atoms with van der Waals surface area (Å²) in [6, 6.07) is 19.7. The Morgan fingerprint density at radius 3 is 2.30 bits per heavy atom. The molecule has 0 fully saturated rings. The van der Waals surface area contributed by atoms with E-state index in [-0.39, 0.29) is 0 Å². The van der Waals surface area contributed by atoms with Crippen LogP contribution in [-0.4, -0.2) is 13.2 Å². The number of nitrogens with two attached hydrogens (primary N) is 1. The number of ether oxygens (including phenoxy) is 1. The number of hydrogen-bond acceptors (Lipinski definition) is 1. The fraction of sp³-hybridized carbons (Fsp3) is 0.333. The third-order valence-electron chi connectivity index (χ3n) is 3.65. The van der Waals surface area contributed by atoms with E-state index in [0.29, 0.717) is 6.04 Å². The van der Waals surface area contributed by atoms with E-state index >= 15 is 0 Å². The Morgan fingerprint density at radius 2 is 1.65 bits per heavy atom. The predicted molar refractivity (Wildman–Crippen MR) is 82.8 cm³/mol. The van der Waals surface area contributed by atoms with Gasteiger partial charge in [-0.2, -0.15) is 0 Å². The van der Waals surface area contributed by atoms with Crippen LogP contribution in [0.4, 0.5) is 0 Å². The van der Waals surface area contributed by atoms with Gasteiger partial charge < -0.3 is 10.1 Å². The SMILES string of the molecule is COc1ccc(C[NH2+][C@@H](C)CCc2ccccc2)cc1. The summed E-state index contributed by atoms with van der Waals surface area (Å²) in [6.07, 6.45) is 2.36. The molecule has 2 rings (SSSR count). The van der Waals surface area contributed by atoms with Gasteiger partial charge in [0.05, 0.1) is 13.2 Å². The Bertz CT molecular complexity index is 493. The van der Waals surface area contributed by atoms with Crippen LogP contribution in [0.15, 0.2) is 54.6 Å². The van der Waals surface area contributed by atoms with E-state index in [2.05, 4.69) is 54.7 Å². The predicted octanol–water partition coefficient (Wildman–Crippen LogP) is 2.78. The average molecular weight is 270 g/mol. The number of methoxy groups -OCH3 is 1. The second-order valence-electron chi connectivity index (χ2n) is 5.29. The van der Waals surface area contributed by atoms with Gasteiger partial charge in [-0.1, -0.05) is 30.3 Å². The summed E-state index contributed by atoms with van der Waals surface area (Å²) in [6.45, 7) is 3.33. The zero-order chi connectivity index (χ0) is 14.2. The van der Waals surface area contributed by atoms with Gasteiger partial charge in [-0.15, -0.1) is 0 Å². The van der Waals surface area contributed by atoms with Crippen molar-refractivity contribution in [3.05, 3.63) is 65.7 Å². The highest BCUT2D eigenvalue weighted by molar-refractivity contribution is 5.26. The van der Waals surface area contributed by atoms with Gasteiger partial charge in [0, 0.05) is 12.0 Å². The van der Waals surface area contributed by atoms with Crippen LogP contribution < -0.4 is 10.1 Å². The van der Waals surface area contributed by atoms with Crippen molar-refractivity contribution in [2.45, 2.75) is 32.4 Å². The molecule has 0 amide bonds. The van der Waals surface area contributed by atoms with E-state index in [1.54, 1.807) is 7.11 Å². The minimum Gasteiger partial charge on any atom is -0.497 e. The molecule has 0 unspecified atom stereocenters. The molecule has 0 heterocycles. The molecule has 2 aromatic carbocycles. The molecule has 0 aliphatic carbocycles. The van der Waals surface area contributed by atoms with Gasteiger partial charge in [0.25, 0.3) is 0 Å². The topological polar surface area (TPSA) is 25.8 Å². The summed E-state index contributed by atoms with van der Waals surface area (Å²) in [7, 11) is 1.70. The van der Waals surface area contributed by atoms with E-state index in [0.717, 1.165) is 18.7 Å². The summed E-state index contributed by atoms with van der Waals surface area (Å²) >= 11 is 0. The molecule has 20 heavy (non-hydrogen) atoms. The van der Waals surface area contributed by atoms with Crippen molar-refractivity contribution in [3.8, 4) is 5.75 Å². The zero-order valence-electron chi connectivity index (χ0n) is 12.4. The summed E-state index contributed by atoms with van der Waals surface area (Å²) in [5, 5.41) is 2.41. The smallest absolute Gasteiger partial charge is 0.118 e. The van der Waals surface area contributed by atoms with Crippen molar-refractivity contribution in [1.29, 1.82) is 0 Å². The van der Waals surface area contributed by atoms with Crippen molar-refractivity contribution in [1.82, 2.24) is 0 Å². The van der Waals surface area contributed by atoms with Crippen molar-refractivity contribution in [2.75, 3.05) is 7.11 Å². The molecule has 0 aromatic heterocycles. The molecule has 0 saturated heterocycles. The van der Waals surface area contributed by atoms with Crippen LogP contribution in [0.25, 0.3) is 0 Å². The normalized spacial score (nSPS) is 12.1. The van der Waals surface area contributed by atoms with E-state index in [1.165, 1.54) is 17.5 Å². The molecule has 2 aromatic rings. The summed E-state index contributed by atoms with van der Waals surface area (Å²) in [5.41, 5.74) is 2.77. The second kappa shape index (κ2) is 7.71. The molecule has 0 aliphatic heterocycles. The van der Waals surface area contributed by atoms with E-state index in [4.69, 9.17) is 4.74 Å². The van der Waals surface area contributed by atoms with Crippen LogP contribution in [0.2, 0.25) is 0 Å². The fourth-order valence-corrected chi connectivity index (χ4v) is 2.26. The number of aryl methyl sites for hydroxylation is 1. The minimum absolute atomic E-state index is 0.636. The largest absolute Gasteiger partial charge is 0.497 e.